The smallest absolute Gasteiger partial charge is 0.104 e. The van der Waals surface area contributed by atoms with Crippen LogP contribution in [0.3, 0.4) is 0 Å². The molecule has 4 unspecified atom stereocenters. The van der Waals surface area contributed by atoms with Gasteiger partial charge in [-0.3, -0.25) is 0 Å². The molecule has 2 aliphatic rings. The van der Waals surface area contributed by atoms with Crippen LogP contribution in [-0.2, 0) is 9.47 Å². The van der Waals surface area contributed by atoms with Gasteiger partial charge in [0.25, 0.3) is 0 Å². The predicted molar refractivity (Wildman–Crippen MR) is 68.9 cm³/mol. The minimum atomic E-state index is -0.191. The van der Waals surface area contributed by atoms with Gasteiger partial charge in [0.2, 0.25) is 0 Å². The van der Waals surface area contributed by atoms with Crippen LogP contribution < -0.4 is 5.73 Å². The fourth-order valence-electron chi connectivity index (χ4n) is 3.09. The number of rotatable bonds is 3. The Morgan fingerprint density at radius 3 is 2.71 bits per heavy atom. The zero-order valence-electron chi connectivity index (χ0n) is 11.3. The van der Waals surface area contributed by atoms with E-state index in [9.17, 15) is 0 Å². The van der Waals surface area contributed by atoms with Crippen molar-refractivity contribution in [3.8, 4) is 0 Å². The van der Waals surface area contributed by atoms with E-state index in [1.165, 1.54) is 19.3 Å². The van der Waals surface area contributed by atoms with Gasteiger partial charge < -0.3 is 15.2 Å². The Labute approximate surface area is 105 Å². The molecule has 1 saturated heterocycles. The summed E-state index contributed by atoms with van der Waals surface area (Å²) < 4.78 is 11.9. The van der Waals surface area contributed by atoms with Crippen LogP contribution in [-0.4, -0.2) is 31.5 Å². The van der Waals surface area contributed by atoms with Crippen LogP contribution in [0.15, 0.2) is 0 Å². The molecule has 3 nitrogen and oxygen atoms in total. The summed E-state index contributed by atoms with van der Waals surface area (Å²) in [7, 11) is 0. The number of hydrogen-bond donors (Lipinski definition) is 1. The van der Waals surface area contributed by atoms with E-state index in [0.717, 1.165) is 31.3 Å². The predicted octanol–water partition coefficient (Wildman–Crippen LogP) is 2.34. The summed E-state index contributed by atoms with van der Waals surface area (Å²) in [5.41, 5.74) is 5.72. The molecule has 100 valence electrons. The van der Waals surface area contributed by atoms with Crippen molar-refractivity contribution in [3.05, 3.63) is 0 Å². The fourth-order valence-corrected chi connectivity index (χ4v) is 3.09. The lowest BCUT2D eigenvalue weighted by molar-refractivity contribution is -0.165. The maximum absolute atomic E-state index is 6.34. The highest BCUT2D eigenvalue weighted by Crippen LogP contribution is 2.34. The average Bonchev–Trinajstić information content (AvgIpc) is 2.35. The summed E-state index contributed by atoms with van der Waals surface area (Å²) in [4.78, 5) is 0. The van der Waals surface area contributed by atoms with Crippen molar-refractivity contribution in [1.82, 2.24) is 0 Å². The van der Waals surface area contributed by atoms with Crippen LogP contribution in [0.2, 0.25) is 0 Å². The van der Waals surface area contributed by atoms with Crippen molar-refractivity contribution in [2.24, 2.45) is 17.6 Å². The number of ether oxygens (including phenoxy) is 2. The van der Waals surface area contributed by atoms with E-state index >= 15 is 0 Å². The molecule has 1 heterocycles. The van der Waals surface area contributed by atoms with Gasteiger partial charge in [-0.15, -0.1) is 0 Å². The van der Waals surface area contributed by atoms with Crippen molar-refractivity contribution in [2.45, 2.75) is 57.7 Å². The highest BCUT2D eigenvalue weighted by Gasteiger charge is 2.37. The molecule has 4 atom stereocenters. The quantitative estimate of drug-likeness (QED) is 0.825. The van der Waals surface area contributed by atoms with Gasteiger partial charge >= 0.3 is 0 Å². The van der Waals surface area contributed by atoms with Crippen LogP contribution >= 0.6 is 0 Å². The summed E-state index contributed by atoms with van der Waals surface area (Å²) >= 11 is 0. The molecule has 0 aromatic carbocycles. The molecule has 2 fully saturated rings. The summed E-state index contributed by atoms with van der Waals surface area (Å²) in [5, 5.41) is 0. The Morgan fingerprint density at radius 1 is 1.29 bits per heavy atom. The van der Waals surface area contributed by atoms with Crippen molar-refractivity contribution in [1.29, 1.82) is 0 Å². The molecule has 0 spiro atoms. The van der Waals surface area contributed by atoms with E-state index < -0.39 is 0 Å². The van der Waals surface area contributed by atoms with Gasteiger partial charge in [-0.25, -0.2) is 0 Å². The van der Waals surface area contributed by atoms with Crippen molar-refractivity contribution < 1.29 is 9.47 Å². The largest absolute Gasteiger partial charge is 0.378 e. The van der Waals surface area contributed by atoms with E-state index in [4.69, 9.17) is 15.2 Å². The minimum absolute atomic E-state index is 0.191. The third-order valence-electron chi connectivity index (χ3n) is 4.62. The van der Waals surface area contributed by atoms with Gasteiger partial charge in [0.15, 0.2) is 0 Å². The first-order valence-electron chi connectivity index (χ1n) is 7.11. The van der Waals surface area contributed by atoms with Crippen LogP contribution in [0.4, 0.5) is 0 Å². The molecule has 1 aliphatic carbocycles. The maximum Gasteiger partial charge on any atom is 0.104 e. The lowest BCUT2D eigenvalue weighted by Gasteiger charge is -2.42. The molecule has 0 aromatic heterocycles. The fraction of sp³-hybridized carbons (Fsp3) is 1.00. The van der Waals surface area contributed by atoms with Gasteiger partial charge in [-0.05, 0) is 43.9 Å². The van der Waals surface area contributed by atoms with Crippen LogP contribution in [0.5, 0.6) is 0 Å². The molecular formula is C14H27NO2. The highest BCUT2D eigenvalue weighted by molar-refractivity contribution is 4.87. The standard InChI is InChI=1S/C14H27NO2/c1-11-4-5-13(8-12(11)2)17-14(9-15)6-3-7-16-10-14/h11-13H,3-10,15H2,1-2H3. The van der Waals surface area contributed by atoms with Crippen molar-refractivity contribution in [2.75, 3.05) is 19.8 Å². The number of hydrogen-bond acceptors (Lipinski definition) is 3. The summed E-state index contributed by atoms with van der Waals surface area (Å²) in [6, 6.07) is 0. The Hall–Kier alpha value is -0.120. The van der Waals surface area contributed by atoms with E-state index in [-0.39, 0.29) is 5.60 Å². The van der Waals surface area contributed by atoms with Crippen LogP contribution in [0.1, 0.15) is 46.0 Å². The second-order valence-corrected chi connectivity index (χ2v) is 6.05. The first kappa shape index (κ1) is 13.3. The molecule has 3 heteroatoms. The van der Waals surface area contributed by atoms with Gasteiger partial charge in [-0.1, -0.05) is 13.8 Å². The Kier molecular flexibility index (Phi) is 4.45. The third kappa shape index (κ3) is 3.21. The van der Waals surface area contributed by atoms with E-state index in [1.54, 1.807) is 0 Å². The molecule has 2 N–H and O–H groups in total. The summed E-state index contributed by atoms with van der Waals surface area (Å²) in [6.07, 6.45) is 6.19. The van der Waals surface area contributed by atoms with Gasteiger partial charge in [0.1, 0.15) is 5.60 Å². The number of nitrogens with two attached hydrogens (primary N) is 1. The molecule has 0 amide bonds. The summed E-state index contributed by atoms with van der Waals surface area (Å²) in [6.45, 7) is 6.83. The lowest BCUT2D eigenvalue weighted by Crippen LogP contribution is -2.50. The second-order valence-electron chi connectivity index (χ2n) is 6.05. The zero-order valence-corrected chi connectivity index (χ0v) is 11.3. The van der Waals surface area contributed by atoms with Gasteiger partial charge in [0.05, 0.1) is 12.7 Å². The molecule has 0 bridgehead atoms. The lowest BCUT2D eigenvalue weighted by atomic mass is 9.80. The van der Waals surface area contributed by atoms with E-state index in [0.29, 0.717) is 19.3 Å². The van der Waals surface area contributed by atoms with Crippen molar-refractivity contribution >= 4 is 0 Å². The second kappa shape index (κ2) is 5.68. The average molecular weight is 241 g/mol. The summed E-state index contributed by atoms with van der Waals surface area (Å²) in [5.74, 6) is 1.61. The maximum atomic E-state index is 6.34. The molecule has 17 heavy (non-hydrogen) atoms. The Morgan fingerprint density at radius 2 is 2.12 bits per heavy atom. The monoisotopic (exact) mass is 241 g/mol. The first-order valence-corrected chi connectivity index (χ1v) is 7.11. The molecule has 1 aliphatic heterocycles. The Balaban J connectivity index is 1.90. The minimum Gasteiger partial charge on any atom is -0.378 e. The third-order valence-corrected chi connectivity index (χ3v) is 4.62. The van der Waals surface area contributed by atoms with Crippen LogP contribution in [0.25, 0.3) is 0 Å². The highest BCUT2D eigenvalue weighted by atomic mass is 16.6. The first-order chi connectivity index (χ1) is 8.15. The van der Waals surface area contributed by atoms with Crippen molar-refractivity contribution in [3.63, 3.8) is 0 Å². The molecule has 0 aromatic rings. The molecule has 0 radical (unpaired) electrons. The van der Waals surface area contributed by atoms with Gasteiger partial charge in [-0.2, -0.15) is 0 Å². The topological polar surface area (TPSA) is 44.5 Å². The normalized spacial score (nSPS) is 43.6. The Bertz CT molecular complexity index is 238. The SMILES string of the molecule is CC1CCC(OC2(CN)CCCOC2)CC1C. The molecule has 2 rings (SSSR count). The van der Waals surface area contributed by atoms with Crippen LogP contribution in [0, 0.1) is 11.8 Å². The van der Waals surface area contributed by atoms with E-state index in [2.05, 4.69) is 13.8 Å². The van der Waals surface area contributed by atoms with Gasteiger partial charge in [0, 0.05) is 13.2 Å². The van der Waals surface area contributed by atoms with E-state index in [1.807, 2.05) is 0 Å². The zero-order chi connectivity index (χ0) is 12.3. The molecular weight excluding hydrogens is 214 g/mol. The molecule has 1 saturated carbocycles.